The quantitative estimate of drug-likeness (QED) is 0.818. The number of hydrogen-bond acceptors (Lipinski definition) is 4. The molecule has 0 bridgehead atoms. The molecule has 6 nitrogen and oxygen atoms in total. The maximum Gasteiger partial charge on any atom is 0.244 e. The van der Waals surface area contributed by atoms with Gasteiger partial charge in [0.1, 0.15) is 0 Å². The SMILES string of the molecule is Cc1ccc(S(=O)(=O)N2CCN(S(C)(=O)=O)[C@H]2C)cc1. The Morgan fingerprint density at radius 3 is 1.95 bits per heavy atom. The number of benzene rings is 1. The highest BCUT2D eigenvalue weighted by Gasteiger charge is 2.41. The van der Waals surface area contributed by atoms with Gasteiger partial charge in [-0.15, -0.1) is 0 Å². The van der Waals surface area contributed by atoms with E-state index in [0.29, 0.717) is 0 Å². The summed E-state index contributed by atoms with van der Waals surface area (Å²) in [4.78, 5) is 0.185. The summed E-state index contributed by atoms with van der Waals surface area (Å²) in [5, 5.41) is 0. The van der Waals surface area contributed by atoms with Crippen molar-refractivity contribution in [1.29, 1.82) is 0 Å². The summed E-state index contributed by atoms with van der Waals surface area (Å²) in [7, 11) is -7.08. The van der Waals surface area contributed by atoms with Gasteiger partial charge in [0.05, 0.1) is 17.3 Å². The summed E-state index contributed by atoms with van der Waals surface area (Å²) < 4.78 is 50.7. The average molecular weight is 318 g/mol. The molecule has 1 aliphatic heterocycles. The minimum atomic E-state index is -3.67. The number of rotatable bonds is 3. The first-order chi connectivity index (χ1) is 9.14. The Morgan fingerprint density at radius 2 is 1.50 bits per heavy atom. The number of nitrogens with zero attached hydrogens (tertiary/aromatic N) is 2. The standard InChI is InChI=1S/C12H18N2O4S2/c1-10-4-6-12(7-5-10)20(17,18)14-9-8-13(11(14)2)19(3,15)16/h4-7,11H,8-9H2,1-3H3/t11-/m1/s1. The average Bonchev–Trinajstić information content (AvgIpc) is 2.72. The molecule has 20 heavy (non-hydrogen) atoms. The lowest BCUT2D eigenvalue weighted by molar-refractivity contribution is 0.310. The second-order valence-electron chi connectivity index (χ2n) is 4.93. The number of hydrogen-bond donors (Lipinski definition) is 0. The molecule has 1 heterocycles. The number of sulfonamides is 2. The van der Waals surface area contributed by atoms with Gasteiger partial charge in [-0.3, -0.25) is 0 Å². The molecule has 0 spiro atoms. The highest BCUT2D eigenvalue weighted by Crippen LogP contribution is 2.25. The molecule has 0 unspecified atom stereocenters. The Kier molecular flexibility index (Phi) is 3.94. The van der Waals surface area contributed by atoms with Gasteiger partial charge >= 0.3 is 0 Å². The molecule has 112 valence electrons. The molecular weight excluding hydrogens is 300 g/mol. The van der Waals surface area contributed by atoms with E-state index in [0.717, 1.165) is 11.8 Å². The van der Waals surface area contributed by atoms with Crippen molar-refractivity contribution in [2.75, 3.05) is 19.3 Å². The van der Waals surface area contributed by atoms with Crippen molar-refractivity contribution in [2.24, 2.45) is 0 Å². The van der Waals surface area contributed by atoms with E-state index in [2.05, 4.69) is 0 Å². The Labute approximate surface area is 120 Å². The van der Waals surface area contributed by atoms with Crippen molar-refractivity contribution in [3.05, 3.63) is 29.8 Å². The third kappa shape index (κ3) is 2.73. The molecule has 1 saturated heterocycles. The van der Waals surface area contributed by atoms with Crippen LogP contribution in [-0.4, -0.2) is 51.0 Å². The molecule has 0 aromatic heterocycles. The summed E-state index contributed by atoms with van der Waals surface area (Å²) in [5.41, 5.74) is 0.969. The van der Waals surface area contributed by atoms with Crippen molar-refractivity contribution in [2.45, 2.75) is 24.9 Å². The smallest absolute Gasteiger partial charge is 0.212 e. The Balaban J connectivity index is 2.35. The van der Waals surface area contributed by atoms with Crippen LogP contribution in [0.4, 0.5) is 0 Å². The van der Waals surface area contributed by atoms with Crippen LogP contribution in [0.15, 0.2) is 29.2 Å². The van der Waals surface area contributed by atoms with Crippen LogP contribution in [0.2, 0.25) is 0 Å². The maximum atomic E-state index is 12.5. The second kappa shape index (κ2) is 5.10. The molecule has 0 radical (unpaired) electrons. The van der Waals surface area contributed by atoms with Crippen LogP contribution in [0.5, 0.6) is 0 Å². The van der Waals surface area contributed by atoms with Crippen LogP contribution in [0.1, 0.15) is 12.5 Å². The summed E-state index contributed by atoms with van der Waals surface area (Å²) in [6, 6.07) is 6.53. The summed E-state index contributed by atoms with van der Waals surface area (Å²) in [6.45, 7) is 3.82. The predicted molar refractivity (Wildman–Crippen MR) is 76.1 cm³/mol. The summed E-state index contributed by atoms with van der Waals surface area (Å²) >= 11 is 0. The van der Waals surface area contributed by atoms with E-state index in [1.165, 1.54) is 8.61 Å². The van der Waals surface area contributed by atoms with E-state index in [1.54, 1.807) is 31.2 Å². The molecule has 0 N–H and O–H groups in total. The van der Waals surface area contributed by atoms with Crippen LogP contribution in [0.3, 0.4) is 0 Å². The lowest BCUT2D eigenvalue weighted by Crippen LogP contribution is -2.41. The molecule has 1 atom stereocenters. The third-order valence-electron chi connectivity index (χ3n) is 3.43. The first-order valence-corrected chi connectivity index (χ1v) is 9.48. The van der Waals surface area contributed by atoms with Gasteiger partial charge in [-0.1, -0.05) is 17.7 Å². The fourth-order valence-corrected chi connectivity index (χ4v) is 5.05. The van der Waals surface area contributed by atoms with E-state index in [1.807, 2.05) is 6.92 Å². The summed E-state index contributed by atoms with van der Waals surface area (Å²) in [5.74, 6) is 0. The molecule has 1 aromatic carbocycles. The van der Waals surface area contributed by atoms with Gasteiger partial charge in [0.2, 0.25) is 20.0 Å². The van der Waals surface area contributed by atoms with Gasteiger partial charge in [0.25, 0.3) is 0 Å². The predicted octanol–water partition coefficient (Wildman–Crippen LogP) is 0.607. The van der Waals surface area contributed by atoms with Gasteiger partial charge in [-0.25, -0.2) is 16.8 Å². The highest BCUT2D eigenvalue weighted by atomic mass is 32.2. The van der Waals surface area contributed by atoms with E-state index >= 15 is 0 Å². The monoisotopic (exact) mass is 318 g/mol. The van der Waals surface area contributed by atoms with Gasteiger partial charge in [-0.2, -0.15) is 8.61 Å². The zero-order valence-electron chi connectivity index (χ0n) is 11.6. The molecule has 0 amide bonds. The van der Waals surface area contributed by atoms with E-state index in [4.69, 9.17) is 0 Å². The third-order valence-corrected chi connectivity index (χ3v) is 6.74. The first kappa shape index (κ1) is 15.4. The van der Waals surface area contributed by atoms with Crippen molar-refractivity contribution in [3.8, 4) is 0 Å². The Hall–Kier alpha value is -0.960. The zero-order chi connectivity index (χ0) is 15.1. The topological polar surface area (TPSA) is 74.8 Å². The molecule has 1 fully saturated rings. The lowest BCUT2D eigenvalue weighted by atomic mass is 10.2. The highest BCUT2D eigenvalue weighted by molar-refractivity contribution is 7.89. The molecule has 0 aliphatic carbocycles. The van der Waals surface area contributed by atoms with Gasteiger partial charge < -0.3 is 0 Å². The van der Waals surface area contributed by atoms with Crippen molar-refractivity contribution in [3.63, 3.8) is 0 Å². The van der Waals surface area contributed by atoms with Gasteiger partial charge in [0.15, 0.2) is 0 Å². The van der Waals surface area contributed by atoms with Crippen LogP contribution in [0, 0.1) is 6.92 Å². The fourth-order valence-electron chi connectivity index (χ4n) is 2.32. The van der Waals surface area contributed by atoms with E-state index in [-0.39, 0.29) is 18.0 Å². The fraction of sp³-hybridized carbons (Fsp3) is 0.500. The Morgan fingerprint density at radius 1 is 1.00 bits per heavy atom. The van der Waals surface area contributed by atoms with Gasteiger partial charge in [-0.05, 0) is 26.0 Å². The summed E-state index contributed by atoms with van der Waals surface area (Å²) in [6.07, 6.45) is 0.391. The minimum Gasteiger partial charge on any atom is -0.212 e. The van der Waals surface area contributed by atoms with Crippen molar-refractivity contribution < 1.29 is 16.8 Å². The Bertz CT molecular complexity index is 695. The molecule has 1 aliphatic rings. The van der Waals surface area contributed by atoms with Gasteiger partial charge in [0, 0.05) is 13.1 Å². The molecule has 8 heteroatoms. The minimum absolute atomic E-state index is 0.171. The van der Waals surface area contributed by atoms with Crippen LogP contribution in [-0.2, 0) is 20.0 Å². The van der Waals surface area contributed by atoms with Crippen LogP contribution in [0.25, 0.3) is 0 Å². The largest absolute Gasteiger partial charge is 0.244 e. The van der Waals surface area contributed by atoms with Crippen LogP contribution < -0.4 is 0 Å². The zero-order valence-corrected chi connectivity index (χ0v) is 13.3. The number of aryl methyl sites for hydroxylation is 1. The van der Waals surface area contributed by atoms with Crippen molar-refractivity contribution >= 4 is 20.0 Å². The van der Waals surface area contributed by atoms with Crippen LogP contribution >= 0.6 is 0 Å². The second-order valence-corrected chi connectivity index (χ2v) is 8.76. The molecule has 1 aromatic rings. The molecular formula is C12H18N2O4S2. The van der Waals surface area contributed by atoms with E-state index < -0.39 is 26.2 Å². The molecule has 2 rings (SSSR count). The lowest BCUT2D eigenvalue weighted by Gasteiger charge is -2.24. The van der Waals surface area contributed by atoms with Crippen molar-refractivity contribution in [1.82, 2.24) is 8.61 Å². The normalized spacial score (nSPS) is 22.2. The molecule has 0 saturated carbocycles. The maximum absolute atomic E-state index is 12.5. The first-order valence-electron chi connectivity index (χ1n) is 6.19. The van der Waals surface area contributed by atoms with E-state index in [9.17, 15) is 16.8 Å².